The van der Waals surface area contributed by atoms with Crippen molar-refractivity contribution in [2.24, 2.45) is 5.92 Å². The van der Waals surface area contributed by atoms with Crippen LogP contribution in [0.5, 0.6) is 0 Å². The quantitative estimate of drug-likeness (QED) is 0.835. The number of urea groups is 1. The van der Waals surface area contributed by atoms with Crippen LogP contribution in [0.3, 0.4) is 0 Å². The lowest BCUT2D eigenvalue weighted by Crippen LogP contribution is -2.43. The van der Waals surface area contributed by atoms with Gasteiger partial charge in [0.05, 0.1) is 10.7 Å². The van der Waals surface area contributed by atoms with Gasteiger partial charge in [-0.1, -0.05) is 30.7 Å². The van der Waals surface area contributed by atoms with Crippen molar-refractivity contribution >= 4 is 29.2 Å². The van der Waals surface area contributed by atoms with E-state index in [1.165, 1.54) is 0 Å². The molecule has 1 fully saturated rings. The highest BCUT2D eigenvalue weighted by atomic mass is 35.5. The molecule has 1 N–H and O–H groups in total. The van der Waals surface area contributed by atoms with Gasteiger partial charge in [-0.3, -0.25) is 4.79 Å². The van der Waals surface area contributed by atoms with E-state index in [1.54, 1.807) is 24.3 Å². The van der Waals surface area contributed by atoms with Crippen LogP contribution in [-0.2, 0) is 4.79 Å². The molecule has 0 spiro atoms. The molecule has 2 rings (SSSR count). The van der Waals surface area contributed by atoms with E-state index in [-0.39, 0.29) is 11.8 Å². The van der Waals surface area contributed by atoms with E-state index in [1.807, 2.05) is 6.92 Å². The summed E-state index contributed by atoms with van der Waals surface area (Å²) >= 11 is 6.02. The van der Waals surface area contributed by atoms with Gasteiger partial charge in [-0.05, 0) is 18.6 Å². The first kappa shape index (κ1) is 11.9. The summed E-state index contributed by atoms with van der Waals surface area (Å²) in [6.45, 7) is 2.32. The second-order valence-corrected chi connectivity index (χ2v) is 4.45. The monoisotopic (exact) mass is 252 g/mol. The molecule has 90 valence electrons. The summed E-state index contributed by atoms with van der Waals surface area (Å²) in [7, 11) is 0. The molecule has 0 aromatic heterocycles. The number of hydrogen-bond acceptors (Lipinski definition) is 2. The minimum absolute atomic E-state index is 0.190. The predicted molar refractivity (Wildman–Crippen MR) is 66.1 cm³/mol. The molecule has 1 heterocycles. The SMILES string of the molecule is CC1CCNC(=O)N(c2ccccc2Cl)C1=O. The first-order valence-electron chi connectivity index (χ1n) is 5.47. The van der Waals surface area contributed by atoms with Crippen LogP contribution >= 0.6 is 11.6 Å². The third kappa shape index (κ3) is 2.26. The van der Waals surface area contributed by atoms with Crippen molar-refractivity contribution in [3.8, 4) is 0 Å². The molecular weight excluding hydrogens is 240 g/mol. The van der Waals surface area contributed by atoms with Crippen LogP contribution in [0.2, 0.25) is 5.02 Å². The number of amides is 3. The van der Waals surface area contributed by atoms with E-state index in [2.05, 4.69) is 5.32 Å². The van der Waals surface area contributed by atoms with E-state index in [9.17, 15) is 9.59 Å². The number of nitrogens with one attached hydrogen (secondary N) is 1. The molecule has 1 atom stereocenters. The second kappa shape index (κ2) is 4.75. The number of anilines is 1. The van der Waals surface area contributed by atoms with Gasteiger partial charge in [0.2, 0.25) is 5.91 Å². The number of halogens is 1. The lowest BCUT2D eigenvalue weighted by molar-refractivity contribution is -0.121. The van der Waals surface area contributed by atoms with E-state index in [0.717, 1.165) is 4.90 Å². The third-order valence-electron chi connectivity index (χ3n) is 2.79. The highest BCUT2D eigenvalue weighted by molar-refractivity contribution is 6.35. The topological polar surface area (TPSA) is 49.4 Å². The van der Waals surface area contributed by atoms with E-state index >= 15 is 0 Å². The average Bonchev–Trinajstić information content (AvgIpc) is 2.42. The van der Waals surface area contributed by atoms with Crippen LogP contribution < -0.4 is 10.2 Å². The largest absolute Gasteiger partial charge is 0.337 e. The summed E-state index contributed by atoms with van der Waals surface area (Å²) in [5, 5.41) is 3.08. The highest BCUT2D eigenvalue weighted by Crippen LogP contribution is 2.27. The maximum atomic E-state index is 12.1. The molecule has 1 aliphatic heterocycles. The Bertz CT molecular complexity index is 462. The smallest absolute Gasteiger partial charge is 0.328 e. The Balaban J connectivity index is 2.43. The molecule has 0 bridgehead atoms. The zero-order chi connectivity index (χ0) is 12.4. The number of nitrogens with zero attached hydrogens (tertiary/aromatic N) is 1. The summed E-state index contributed by atoms with van der Waals surface area (Å²) < 4.78 is 0. The first-order chi connectivity index (χ1) is 8.11. The Hall–Kier alpha value is -1.55. The maximum Gasteiger partial charge on any atom is 0.328 e. The fraction of sp³-hybridized carbons (Fsp3) is 0.333. The normalized spacial score (nSPS) is 21.1. The molecule has 17 heavy (non-hydrogen) atoms. The lowest BCUT2D eigenvalue weighted by Gasteiger charge is -2.21. The third-order valence-corrected chi connectivity index (χ3v) is 3.11. The molecule has 3 amide bonds. The molecule has 1 saturated heterocycles. The molecule has 0 saturated carbocycles. The number of carbonyl (C=O) groups excluding carboxylic acids is 2. The summed E-state index contributed by atoms with van der Waals surface area (Å²) in [6.07, 6.45) is 0.644. The zero-order valence-electron chi connectivity index (χ0n) is 9.44. The molecule has 1 aromatic carbocycles. The van der Waals surface area contributed by atoms with E-state index in [4.69, 9.17) is 11.6 Å². The van der Waals surface area contributed by atoms with Crippen molar-refractivity contribution in [1.29, 1.82) is 0 Å². The van der Waals surface area contributed by atoms with Gasteiger partial charge in [0.1, 0.15) is 0 Å². The van der Waals surface area contributed by atoms with Crippen molar-refractivity contribution in [3.05, 3.63) is 29.3 Å². The lowest BCUT2D eigenvalue weighted by atomic mass is 10.1. The fourth-order valence-electron chi connectivity index (χ4n) is 1.78. The van der Waals surface area contributed by atoms with Crippen molar-refractivity contribution < 1.29 is 9.59 Å². The molecular formula is C12H13ClN2O2. The van der Waals surface area contributed by atoms with Crippen molar-refractivity contribution in [2.45, 2.75) is 13.3 Å². The average molecular weight is 253 g/mol. The Morgan fingerprint density at radius 1 is 1.35 bits per heavy atom. The number of imide groups is 1. The van der Waals surface area contributed by atoms with Gasteiger partial charge in [0.15, 0.2) is 0 Å². The molecule has 5 heteroatoms. The summed E-state index contributed by atoms with van der Waals surface area (Å²) in [6, 6.07) is 6.42. The van der Waals surface area contributed by atoms with E-state index < -0.39 is 6.03 Å². The molecule has 0 radical (unpaired) electrons. The van der Waals surface area contributed by atoms with Gasteiger partial charge in [-0.15, -0.1) is 0 Å². The first-order valence-corrected chi connectivity index (χ1v) is 5.85. The Kier molecular flexibility index (Phi) is 3.33. The Labute approximate surface area is 105 Å². The van der Waals surface area contributed by atoms with Gasteiger partial charge >= 0.3 is 6.03 Å². The van der Waals surface area contributed by atoms with Crippen LogP contribution in [0.1, 0.15) is 13.3 Å². The number of rotatable bonds is 1. The fourth-order valence-corrected chi connectivity index (χ4v) is 2.00. The molecule has 1 aliphatic rings. The van der Waals surface area contributed by atoms with Crippen LogP contribution in [0.25, 0.3) is 0 Å². The van der Waals surface area contributed by atoms with Gasteiger partial charge in [0, 0.05) is 12.5 Å². The Morgan fingerprint density at radius 3 is 2.76 bits per heavy atom. The van der Waals surface area contributed by atoms with Gasteiger partial charge in [0.25, 0.3) is 0 Å². The van der Waals surface area contributed by atoms with Crippen LogP contribution in [-0.4, -0.2) is 18.5 Å². The van der Waals surface area contributed by atoms with Gasteiger partial charge in [-0.2, -0.15) is 0 Å². The maximum absolute atomic E-state index is 12.1. The summed E-state index contributed by atoms with van der Waals surface area (Å²) in [5.41, 5.74) is 0.436. The number of para-hydroxylation sites is 1. The minimum Gasteiger partial charge on any atom is -0.337 e. The predicted octanol–water partition coefficient (Wildman–Crippen LogP) is 2.42. The summed E-state index contributed by atoms with van der Waals surface area (Å²) in [4.78, 5) is 25.1. The second-order valence-electron chi connectivity index (χ2n) is 4.05. The minimum atomic E-state index is -0.410. The van der Waals surface area contributed by atoms with Crippen molar-refractivity contribution in [2.75, 3.05) is 11.4 Å². The van der Waals surface area contributed by atoms with Crippen molar-refractivity contribution in [1.82, 2.24) is 5.32 Å². The molecule has 1 unspecified atom stereocenters. The zero-order valence-corrected chi connectivity index (χ0v) is 10.2. The number of benzene rings is 1. The van der Waals surface area contributed by atoms with Gasteiger partial charge in [-0.25, -0.2) is 9.69 Å². The van der Waals surface area contributed by atoms with E-state index in [0.29, 0.717) is 23.7 Å². The standard InChI is InChI=1S/C12H13ClN2O2/c1-8-6-7-14-12(17)15(11(8)16)10-5-3-2-4-9(10)13/h2-5,8H,6-7H2,1H3,(H,14,17). The summed E-state index contributed by atoms with van der Waals surface area (Å²) in [5.74, 6) is -0.404. The molecule has 0 aliphatic carbocycles. The molecule has 1 aromatic rings. The number of carbonyl (C=O) groups is 2. The van der Waals surface area contributed by atoms with Crippen LogP contribution in [0.15, 0.2) is 24.3 Å². The van der Waals surface area contributed by atoms with Crippen molar-refractivity contribution in [3.63, 3.8) is 0 Å². The molecule has 4 nitrogen and oxygen atoms in total. The highest BCUT2D eigenvalue weighted by Gasteiger charge is 2.31. The van der Waals surface area contributed by atoms with Gasteiger partial charge < -0.3 is 5.32 Å². The number of hydrogen-bond donors (Lipinski definition) is 1. The van der Waals surface area contributed by atoms with Crippen LogP contribution in [0.4, 0.5) is 10.5 Å². The Morgan fingerprint density at radius 2 is 2.06 bits per heavy atom. The van der Waals surface area contributed by atoms with Crippen LogP contribution in [0, 0.1) is 5.92 Å².